The van der Waals surface area contributed by atoms with Crippen LogP contribution in [-0.4, -0.2) is 12.3 Å². The molecule has 0 N–H and O–H groups in total. The van der Waals surface area contributed by atoms with Crippen LogP contribution in [0.2, 0.25) is 0 Å². The van der Waals surface area contributed by atoms with Crippen LogP contribution < -0.4 is 0 Å². The molecular weight excluding hydrogens is 180 g/mol. The second-order valence-corrected chi connectivity index (χ2v) is 3.04. The molecule has 0 fully saturated rings. The van der Waals surface area contributed by atoms with Crippen molar-refractivity contribution >= 4 is 12.3 Å². The van der Waals surface area contributed by atoms with Crippen LogP contribution in [0.4, 0.5) is 0 Å². The highest BCUT2D eigenvalue weighted by Gasteiger charge is 2.07. The largest absolute Gasteiger partial charge is 0.458 e. The number of hydrogen-bond acceptors (Lipinski definition) is 3. The molecule has 0 saturated heterocycles. The first-order valence-electron chi connectivity index (χ1n) is 4.36. The maximum absolute atomic E-state index is 10.7. The van der Waals surface area contributed by atoms with Gasteiger partial charge in [0.05, 0.1) is 0 Å². The summed E-state index contributed by atoms with van der Waals surface area (Å²) in [4.78, 5) is 21.1. The fourth-order valence-electron chi connectivity index (χ4n) is 1.16. The van der Waals surface area contributed by atoms with Crippen LogP contribution in [0, 0.1) is 0 Å². The number of esters is 1. The second-order valence-electron chi connectivity index (χ2n) is 3.04. The summed E-state index contributed by atoms with van der Waals surface area (Å²) in [6.45, 7) is 3.16. The van der Waals surface area contributed by atoms with E-state index in [0.29, 0.717) is 5.56 Å². The average molecular weight is 192 g/mol. The van der Waals surface area contributed by atoms with Gasteiger partial charge in [0.1, 0.15) is 12.4 Å². The lowest BCUT2D eigenvalue weighted by molar-refractivity contribution is -0.145. The van der Waals surface area contributed by atoms with Crippen LogP contribution in [0.1, 0.15) is 35.9 Å². The second kappa shape index (κ2) is 4.56. The Morgan fingerprint density at radius 3 is 2.36 bits per heavy atom. The van der Waals surface area contributed by atoms with Crippen molar-refractivity contribution in [2.24, 2.45) is 0 Å². The number of carbonyl (C=O) groups excluding carboxylic acids is 2. The Hall–Kier alpha value is -1.64. The monoisotopic (exact) mass is 192 g/mol. The fourth-order valence-corrected chi connectivity index (χ4v) is 1.16. The summed E-state index contributed by atoms with van der Waals surface area (Å²) in [5.41, 5.74) is 1.49. The minimum atomic E-state index is -0.308. The van der Waals surface area contributed by atoms with Crippen LogP contribution in [0.3, 0.4) is 0 Å². The predicted molar refractivity (Wildman–Crippen MR) is 52.0 cm³/mol. The van der Waals surface area contributed by atoms with E-state index < -0.39 is 0 Å². The molecule has 3 nitrogen and oxygen atoms in total. The lowest BCUT2D eigenvalue weighted by atomic mass is 10.1. The highest BCUT2D eigenvalue weighted by atomic mass is 16.5. The summed E-state index contributed by atoms with van der Waals surface area (Å²) < 4.78 is 4.98. The molecule has 3 heteroatoms. The number of rotatable bonds is 3. The van der Waals surface area contributed by atoms with E-state index in [1.54, 1.807) is 31.2 Å². The molecule has 1 rings (SSSR count). The Labute approximate surface area is 82.7 Å². The first kappa shape index (κ1) is 10.4. The maximum Gasteiger partial charge on any atom is 0.303 e. The molecule has 0 bridgehead atoms. The zero-order valence-corrected chi connectivity index (χ0v) is 8.19. The van der Waals surface area contributed by atoms with Gasteiger partial charge in [0.2, 0.25) is 0 Å². The van der Waals surface area contributed by atoms with E-state index in [2.05, 4.69) is 0 Å². The molecule has 0 spiro atoms. The Morgan fingerprint density at radius 2 is 1.93 bits per heavy atom. The minimum absolute atomic E-state index is 0.270. The molecule has 0 aromatic heterocycles. The summed E-state index contributed by atoms with van der Waals surface area (Å²) in [6.07, 6.45) is 0.508. The van der Waals surface area contributed by atoms with E-state index in [1.165, 1.54) is 6.92 Å². The molecule has 1 aromatic rings. The van der Waals surface area contributed by atoms with Gasteiger partial charge in [-0.15, -0.1) is 0 Å². The molecule has 0 heterocycles. The number of benzene rings is 1. The SMILES string of the molecule is CC(=O)OC(C)c1ccc(C=O)cc1. The molecule has 0 aliphatic rings. The average Bonchev–Trinajstić information content (AvgIpc) is 2.17. The summed E-state index contributed by atoms with van der Waals surface area (Å²) in [5.74, 6) is -0.308. The topological polar surface area (TPSA) is 43.4 Å². The smallest absolute Gasteiger partial charge is 0.303 e. The molecule has 1 aromatic carbocycles. The lowest BCUT2D eigenvalue weighted by Crippen LogP contribution is -2.04. The molecule has 74 valence electrons. The van der Waals surface area contributed by atoms with E-state index >= 15 is 0 Å². The fraction of sp³-hybridized carbons (Fsp3) is 0.273. The van der Waals surface area contributed by atoms with Gasteiger partial charge in [-0.3, -0.25) is 9.59 Å². The van der Waals surface area contributed by atoms with Gasteiger partial charge < -0.3 is 4.74 Å². The molecule has 0 aliphatic carbocycles. The molecule has 0 saturated carbocycles. The van der Waals surface area contributed by atoms with Crippen molar-refractivity contribution in [3.8, 4) is 0 Å². The van der Waals surface area contributed by atoms with Crippen LogP contribution in [0.25, 0.3) is 0 Å². The van der Waals surface area contributed by atoms with Gasteiger partial charge in [0, 0.05) is 12.5 Å². The third-order valence-corrected chi connectivity index (χ3v) is 1.88. The van der Waals surface area contributed by atoms with Crippen LogP contribution in [0.15, 0.2) is 24.3 Å². The van der Waals surface area contributed by atoms with Crippen molar-refractivity contribution in [1.82, 2.24) is 0 Å². The molecule has 1 unspecified atom stereocenters. The van der Waals surface area contributed by atoms with E-state index in [4.69, 9.17) is 4.74 Å². The third-order valence-electron chi connectivity index (χ3n) is 1.88. The van der Waals surface area contributed by atoms with Crippen molar-refractivity contribution in [2.75, 3.05) is 0 Å². The number of ether oxygens (including phenoxy) is 1. The highest BCUT2D eigenvalue weighted by Crippen LogP contribution is 2.16. The Kier molecular flexibility index (Phi) is 3.40. The first-order valence-corrected chi connectivity index (χ1v) is 4.36. The highest BCUT2D eigenvalue weighted by molar-refractivity contribution is 5.74. The summed E-state index contributed by atoms with van der Waals surface area (Å²) in [6, 6.07) is 6.94. The normalized spacial score (nSPS) is 11.9. The van der Waals surface area contributed by atoms with Crippen molar-refractivity contribution in [1.29, 1.82) is 0 Å². The van der Waals surface area contributed by atoms with Crippen LogP contribution in [-0.2, 0) is 9.53 Å². The standard InChI is InChI=1S/C11H12O3/c1-8(14-9(2)13)11-5-3-10(7-12)4-6-11/h3-8H,1-2H3. The van der Waals surface area contributed by atoms with E-state index in [9.17, 15) is 9.59 Å². The van der Waals surface area contributed by atoms with Crippen molar-refractivity contribution in [2.45, 2.75) is 20.0 Å². The first-order chi connectivity index (χ1) is 6.63. The van der Waals surface area contributed by atoms with Gasteiger partial charge in [-0.25, -0.2) is 0 Å². The van der Waals surface area contributed by atoms with Gasteiger partial charge in [-0.2, -0.15) is 0 Å². The Morgan fingerprint density at radius 1 is 1.36 bits per heavy atom. The van der Waals surface area contributed by atoms with Gasteiger partial charge in [0.25, 0.3) is 0 Å². The molecule has 14 heavy (non-hydrogen) atoms. The quantitative estimate of drug-likeness (QED) is 0.544. The number of aldehydes is 1. The van der Waals surface area contributed by atoms with Crippen LogP contribution in [0.5, 0.6) is 0 Å². The van der Waals surface area contributed by atoms with Crippen LogP contribution >= 0.6 is 0 Å². The maximum atomic E-state index is 10.7. The zero-order valence-electron chi connectivity index (χ0n) is 8.19. The van der Waals surface area contributed by atoms with Gasteiger partial charge >= 0.3 is 5.97 Å². The molecule has 1 atom stereocenters. The Balaban J connectivity index is 2.75. The number of carbonyl (C=O) groups is 2. The van der Waals surface area contributed by atoms with Crippen molar-refractivity contribution in [3.63, 3.8) is 0 Å². The zero-order chi connectivity index (χ0) is 10.6. The Bertz CT molecular complexity index is 327. The summed E-state index contributed by atoms with van der Waals surface area (Å²) >= 11 is 0. The van der Waals surface area contributed by atoms with E-state index in [0.717, 1.165) is 11.8 Å². The number of hydrogen-bond donors (Lipinski definition) is 0. The predicted octanol–water partition coefficient (Wildman–Crippen LogP) is 2.12. The minimum Gasteiger partial charge on any atom is -0.458 e. The molecule has 0 aliphatic heterocycles. The third kappa shape index (κ3) is 2.69. The van der Waals surface area contributed by atoms with E-state index in [-0.39, 0.29) is 12.1 Å². The molecule has 0 amide bonds. The summed E-state index contributed by atoms with van der Waals surface area (Å²) in [7, 11) is 0. The summed E-state index contributed by atoms with van der Waals surface area (Å²) in [5, 5.41) is 0. The van der Waals surface area contributed by atoms with Gasteiger partial charge in [-0.1, -0.05) is 24.3 Å². The van der Waals surface area contributed by atoms with E-state index in [1.807, 2.05) is 0 Å². The molecular formula is C11H12O3. The van der Waals surface area contributed by atoms with Gasteiger partial charge in [-0.05, 0) is 12.5 Å². The van der Waals surface area contributed by atoms with Crippen molar-refractivity contribution in [3.05, 3.63) is 35.4 Å². The van der Waals surface area contributed by atoms with Crippen molar-refractivity contribution < 1.29 is 14.3 Å². The lowest BCUT2D eigenvalue weighted by Gasteiger charge is -2.11. The van der Waals surface area contributed by atoms with Gasteiger partial charge in [0.15, 0.2) is 0 Å². The molecule has 0 radical (unpaired) electrons.